The van der Waals surface area contributed by atoms with Gasteiger partial charge in [-0.05, 0) is 37.1 Å². The minimum Gasteiger partial charge on any atom is -0.497 e. The van der Waals surface area contributed by atoms with Crippen LogP contribution in [0, 0.1) is 6.92 Å². The van der Waals surface area contributed by atoms with Crippen molar-refractivity contribution in [3.05, 3.63) is 23.8 Å². The van der Waals surface area contributed by atoms with Gasteiger partial charge in [0.2, 0.25) is 10.0 Å². The Morgan fingerprint density at radius 1 is 1.42 bits per heavy atom. The first kappa shape index (κ1) is 16.2. The largest absolute Gasteiger partial charge is 0.497 e. The zero-order valence-corrected chi connectivity index (χ0v) is 12.6. The van der Waals surface area contributed by atoms with Gasteiger partial charge in [-0.25, -0.2) is 8.42 Å². The summed E-state index contributed by atoms with van der Waals surface area (Å²) in [5.74, 6) is 0.657. The quantitative estimate of drug-likeness (QED) is 0.909. The van der Waals surface area contributed by atoms with Crippen molar-refractivity contribution in [1.29, 1.82) is 0 Å². The number of hydrogen-bond acceptors (Lipinski definition) is 4. The van der Waals surface area contributed by atoms with Gasteiger partial charge in [-0.15, -0.1) is 12.4 Å². The molecule has 7 heteroatoms. The molecule has 0 unspecified atom stereocenters. The normalized spacial score (nSPS) is 20.1. The average Bonchev–Trinajstić information content (AvgIpc) is 2.76. The van der Waals surface area contributed by atoms with Gasteiger partial charge < -0.3 is 10.5 Å². The Bertz CT molecular complexity index is 548. The molecular formula is C12H19ClN2O3S. The molecule has 1 aliphatic rings. The number of sulfonamides is 1. The van der Waals surface area contributed by atoms with Crippen molar-refractivity contribution in [3.8, 4) is 5.75 Å². The number of benzene rings is 1. The lowest BCUT2D eigenvalue weighted by atomic mass is 10.2. The van der Waals surface area contributed by atoms with E-state index in [9.17, 15) is 8.42 Å². The van der Waals surface area contributed by atoms with Crippen LogP contribution in [0.1, 0.15) is 12.0 Å². The van der Waals surface area contributed by atoms with Crippen molar-refractivity contribution in [2.24, 2.45) is 5.73 Å². The second-order valence-electron chi connectivity index (χ2n) is 4.54. The molecule has 0 bridgehead atoms. The van der Waals surface area contributed by atoms with Gasteiger partial charge in [-0.3, -0.25) is 0 Å². The van der Waals surface area contributed by atoms with Crippen molar-refractivity contribution in [2.75, 3.05) is 20.2 Å². The first-order chi connectivity index (χ1) is 8.45. The van der Waals surface area contributed by atoms with Gasteiger partial charge in [0.15, 0.2) is 0 Å². The third-order valence-electron chi connectivity index (χ3n) is 3.19. The SMILES string of the molecule is COc1ccc(S(=O)(=O)N2CC[C@@H](N)C2)c(C)c1.Cl. The Morgan fingerprint density at radius 2 is 2.11 bits per heavy atom. The Labute approximate surface area is 120 Å². The Hall–Kier alpha value is -0.820. The van der Waals surface area contributed by atoms with Gasteiger partial charge in [-0.2, -0.15) is 4.31 Å². The monoisotopic (exact) mass is 306 g/mol. The number of aryl methyl sites for hydroxylation is 1. The van der Waals surface area contributed by atoms with E-state index < -0.39 is 10.0 Å². The molecule has 19 heavy (non-hydrogen) atoms. The summed E-state index contributed by atoms with van der Waals surface area (Å²) < 4.78 is 31.4. The summed E-state index contributed by atoms with van der Waals surface area (Å²) in [7, 11) is -1.87. The molecule has 0 amide bonds. The summed E-state index contributed by atoms with van der Waals surface area (Å²) in [4.78, 5) is 0.331. The van der Waals surface area contributed by atoms with Crippen molar-refractivity contribution in [3.63, 3.8) is 0 Å². The molecule has 1 aromatic rings. The van der Waals surface area contributed by atoms with E-state index in [-0.39, 0.29) is 18.4 Å². The molecule has 1 fully saturated rings. The van der Waals surface area contributed by atoms with Gasteiger partial charge in [0, 0.05) is 19.1 Å². The maximum absolute atomic E-state index is 12.4. The van der Waals surface area contributed by atoms with Crippen LogP contribution in [-0.4, -0.2) is 39.0 Å². The number of nitrogens with two attached hydrogens (primary N) is 1. The van der Waals surface area contributed by atoms with E-state index >= 15 is 0 Å². The number of ether oxygens (including phenoxy) is 1. The molecule has 108 valence electrons. The van der Waals surface area contributed by atoms with Crippen LogP contribution < -0.4 is 10.5 Å². The Balaban J connectivity index is 0.00000180. The number of methoxy groups -OCH3 is 1. The Kier molecular flexibility index (Phi) is 5.20. The van der Waals surface area contributed by atoms with E-state index in [1.807, 2.05) is 0 Å². The summed E-state index contributed by atoms with van der Waals surface area (Å²) in [6, 6.07) is 4.92. The topological polar surface area (TPSA) is 72.6 Å². The third-order valence-corrected chi connectivity index (χ3v) is 5.21. The van der Waals surface area contributed by atoms with Crippen LogP contribution in [0.15, 0.2) is 23.1 Å². The molecule has 0 aromatic heterocycles. The number of halogens is 1. The molecule has 1 aromatic carbocycles. The van der Waals surface area contributed by atoms with Gasteiger partial charge >= 0.3 is 0 Å². The third kappa shape index (κ3) is 3.20. The Morgan fingerprint density at radius 3 is 2.58 bits per heavy atom. The maximum Gasteiger partial charge on any atom is 0.243 e. The molecular weight excluding hydrogens is 288 g/mol. The van der Waals surface area contributed by atoms with Gasteiger partial charge in [-0.1, -0.05) is 0 Å². The second kappa shape index (κ2) is 6.09. The highest BCUT2D eigenvalue weighted by Crippen LogP contribution is 2.26. The lowest BCUT2D eigenvalue weighted by Gasteiger charge is -2.17. The maximum atomic E-state index is 12.4. The van der Waals surface area contributed by atoms with Crippen LogP contribution in [0.25, 0.3) is 0 Å². The minimum atomic E-state index is -3.43. The molecule has 0 spiro atoms. The van der Waals surface area contributed by atoms with E-state index in [1.54, 1.807) is 32.2 Å². The molecule has 2 rings (SSSR count). The lowest BCUT2D eigenvalue weighted by Crippen LogP contribution is -2.32. The van der Waals surface area contributed by atoms with Crippen LogP contribution in [-0.2, 0) is 10.0 Å². The second-order valence-corrected chi connectivity index (χ2v) is 6.45. The van der Waals surface area contributed by atoms with Crippen molar-refractivity contribution >= 4 is 22.4 Å². The van der Waals surface area contributed by atoms with E-state index in [1.165, 1.54) is 4.31 Å². The fourth-order valence-corrected chi connectivity index (χ4v) is 3.87. The summed E-state index contributed by atoms with van der Waals surface area (Å²) in [6.07, 6.45) is 0.717. The number of hydrogen-bond donors (Lipinski definition) is 1. The van der Waals surface area contributed by atoms with Crippen molar-refractivity contribution in [2.45, 2.75) is 24.3 Å². The molecule has 0 aliphatic carbocycles. The summed E-state index contributed by atoms with van der Waals surface area (Å²) in [5, 5.41) is 0. The predicted molar refractivity (Wildman–Crippen MR) is 76.3 cm³/mol. The fraction of sp³-hybridized carbons (Fsp3) is 0.500. The van der Waals surface area contributed by atoms with Gasteiger partial charge in [0.1, 0.15) is 5.75 Å². The summed E-state index contributed by atoms with van der Waals surface area (Å²) in [6.45, 7) is 2.66. The molecule has 1 aliphatic heterocycles. The first-order valence-electron chi connectivity index (χ1n) is 5.85. The smallest absolute Gasteiger partial charge is 0.243 e. The van der Waals surface area contributed by atoms with Crippen LogP contribution in [0.3, 0.4) is 0 Å². The highest BCUT2D eigenvalue weighted by Gasteiger charge is 2.31. The zero-order chi connectivity index (χ0) is 13.3. The van der Waals surface area contributed by atoms with E-state index in [0.717, 1.165) is 0 Å². The molecule has 2 N–H and O–H groups in total. The number of rotatable bonds is 3. The van der Waals surface area contributed by atoms with Crippen LogP contribution in [0.5, 0.6) is 5.75 Å². The van der Waals surface area contributed by atoms with Crippen molar-refractivity contribution < 1.29 is 13.2 Å². The molecule has 0 saturated carbocycles. The summed E-state index contributed by atoms with van der Waals surface area (Å²) in [5.41, 5.74) is 6.45. The highest BCUT2D eigenvalue weighted by molar-refractivity contribution is 7.89. The first-order valence-corrected chi connectivity index (χ1v) is 7.29. The highest BCUT2D eigenvalue weighted by atomic mass is 35.5. The van der Waals surface area contributed by atoms with Crippen molar-refractivity contribution in [1.82, 2.24) is 4.31 Å². The van der Waals surface area contributed by atoms with Crippen LogP contribution >= 0.6 is 12.4 Å². The molecule has 5 nitrogen and oxygen atoms in total. The average molecular weight is 307 g/mol. The molecule has 1 saturated heterocycles. The summed E-state index contributed by atoms with van der Waals surface area (Å²) >= 11 is 0. The zero-order valence-electron chi connectivity index (χ0n) is 11.0. The minimum absolute atomic E-state index is 0. The fourth-order valence-electron chi connectivity index (χ4n) is 2.15. The lowest BCUT2D eigenvalue weighted by molar-refractivity contribution is 0.414. The molecule has 1 heterocycles. The van der Waals surface area contributed by atoms with E-state index in [2.05, 4.69) is 0 Å². The number of nitrogens with zero attached hydrogens (tertiary/aromatic N) is 1. The van der Waals surface area contributed by atoms with Gasteiger partial charge in [0.25, 0.3) is 0 Å². The van der Waals surface area contributed by atoms with Crippen LogP contribution in [0.2, 0.25) is 0 Å². The predicted octanol–water partition coefficient (Wildman–Crippen LogP) is 1.15. The van der Waals surface area contributed by atoms with E-state index in [4.69, 9.17) is 10.5 Å². The molecule has 0 radical (unpaired) electrons. The van der Waals surface area contributed by atoms with Gasteiger partial charge in [0.05, 0.1) is 12.0 Å². The van der Waals surface area contributed by atoms with E-state index in [0.29, 0.717) is 35.7 Å². The van der Waals surface area contributed by atoms with Crippen LogP contribution in [0.4, 0.5) is 0 Å². The molecule has 1 atom stereocenters. The standard InChI is InChI=1S/C12H18N2O3S.ClH/c1-9-7-11(17-2)3-4-12(9)18(15,16)14-6-5-10(13)8-14;/h3-4,7,10H,5-6,8,13H2,1-2H3;1H/t10-;/m1./s1.